The molecule has 0 aliphatic heterocycles. The number of H-pyrrole nitrogens is 1. The highest BCUT2D eigenvalue weighted by Gasteiger charge is 2.25. The van der Waals surface area contributed by atoms with Crippen molar-refractivity contribution in [3.63, 3.8) is 0 Å². The van der Waals surface area contributed by atoms with E-state index in [1.165, 1.54) is 18.2 Å². The van der Waals surface area contributed by atoms with Gasteiger partial charge in [0, 0.05) is 22.7 Å². The molecule has 1 amide bonds. The fourth-order valence-electron chi connectivity index (χ4n) is 2.89. The monoisotopic (exact) mass is 462 g/mol. The largest absolute Gasteiger partial charge is 0.496 e. The third-order valence-corrected chi connectivity index (χ3v) is 6.38. The van der Waals surface area contributed by atoms with Gasteiger partial charge in [-0.3, -0.25) is 9.89 Å². The highest BCUT2D eigenvalue weighted by molar-refractivity contribution is 7.89. The van der Waals surface area contributed by atoms with E-state index in [4.69, 9.17) is 16.3 Å². The molecule has 0 atom stereocenters. The van der Waals surface area contributed by atoms with Crippen LogP contribution in [0.15, 0.2) is 53.4 Å². The summed E-state index contributed by atoms with van der Waals surface area (Å²) in [5.41, 5.74) is 0.859. The van der Waals surface area contributed by atoms with E-state index in [0.29, 0.717) is 11.4 Å². The molecular weight excluding hydrogens is 440 g/mol. The first-order chi connectivity index (χ1) is 14.5. The summed E-state index contributed by atoms with van der Waals surface area (Å²) in [6.45, 7) is 5.14. The number of para-hydroxylation sites is 1. The van der Waals surface area contributed by atoms with Crippen molar-refractivity contribution in [2.45, 2.75) is 31.2 Å². The number of carbonyl (C=O) groups is 1. The first kappa shape index (κ1) is 22.8. The number of nitrogens with one attached hydrogen (secondary N) is 3. The van der Waals surface area contributed by atoms with Crippen LogP contribution in [-0.2, 0) is 10.0 Å². The number of methoxy groups -OCH3 is 1. The third-order valence-electron chi connectivity index (χ3n) is 4.14. The average Bonchev–Trinajstić information content (AvgIpc) is 3.14. The van der Waals surface area contributed by atoms with E-state index in [2.05, 4.69) is 20.2 Å². The maximum atomic E-state index is 12.7. The van der Waals surface area contributed by atoms with Gasteiger partial charge in [0.2, 0.25) is 10.0 Å². The lowest BCUT2D eigenvalue weighted by atomic mass is 10.1. The first-order valence-electron chi connectivity index (χ1n) is 9.34. The highest BCUT2D eigenvalue weighted by Crippen LogP contribution is 2.29. The van der Waals surface area contributed by atoms with Gasteiger partial charge >= 0.3 is 0 Å². The number of benzene rings is 2. The van der Waals surface area contributed by atoms with Crippen molar-refractivity contribution in [1.29, 1.82) is 0 Å². The smallest absolute Gasteiger partial charge is 0.256 e. The lowest BCUT2D eigenvalue weighted by molar-refractivity contribution is 0.102. The number of hydrogen-bond donors (Lipinski definition) is 3. The van der Waals surface area contributed by atoms with Crippen molar-refractivity contribution in [3.8, 4) is 17.0 Å². The third kappa shape index (κ3) is 5.43. The van der Waals surface area contributed by atoms with Gasteiger partial charge in [0.15, 0.2) is 5.82 Å². The minimum absolute atomic E-state index is 0.0199. The summed E-state index contributed by atoms with van der Waals surface area (Å²) in [7, 11) is -2.35. The Morgan fingerprint density at radius 1 is 1.13 bits per heavy atom. The zero-order valence-corrected chi connectivity index (χ0v) is 19.1. The number of nitrogens with zero attached hydrogens (tertiary/aromatic N) is 1. The summed E-state index contributed by atoms with van der Waals surface area (Å²) in [5, 5.41) is 9.63. The molecule has 2 aromatic carbocycles. The minimum Gasteiger partial charge on any atom is -0.496 e. The van der Waals surface area contributed by atoms with Gasteiger partial charge in [-0.25, -0.2) is 13.1 Å². The summed E-state index contributed by atoms with van der Waals surface area (Å²) >= 11 is 6.09. The number of ether oxygens (including phenoxy) is 1. The molecule has 31 heavy (non-hydrogen) atoms. The fourth-order valence-corrected chi connectivity index (χ4v) is 4.83. The van der Waals surface area contributed by atoms with Crippen molar-refractivity contribution in [1.82, 2.24) is 14.9 Å². The van der Waals surface area contributed by atoms with E-state index in [1.807, 2.05) is 24.3 Å². The van der Waals surface area contributed by atoms with Crippen LogP contribution in [0.5, 0.6) is 5.75 Å². The van der Waals surface area contributed by atoms with Gasteiger partial charge in [-0.2, -0.15) is 5.10 Å². The molecule has 10 heteroatoms. The van der Waals surface area contributed by atoms with E-state index in [9.17, 15) is 13.2 Å². The van der Waals surface area contributed by atoms with Crippen LogP contribution >= 0.6 is 11.6 Å². The fraction of sp³-hybridized carbons (Fsp3) is 0.238. The van der Waals surface area contributed by atoms with Crippen LogP contribution in [0.25, 0.3) is 11.3 Å². The molecule has 0 radical (unpaired) electrons. The van der Waals surface area contributed by atoms with Crippen molar-refractivity contribution >= 4 is 33.3 Å². The second-order valence-corrected chi connectivity index (χ2v) is 9.88. The van der Waals surface area contributed by atoms with Crippen LogP contribution in [-0.4, -0.2) is 37.2 Å². The van der Waals surface area contributed by atoms with Crippen LogP contribution in [0.4, 0.5) is 5.82 Å². The zero-order chi connectivity index (χ0) is 22.8. The Hall–Kier alpha value is -2.88. The molecule has 1 aromatic heterocycles. The van der Waals surface area contributed by atoms with E-state index in [1.54, 1.807) is 33.9 Å². The molecule has 164 valence electrons. The Kier molecular flexibility index (Phi) is 6.40. The summed E-state index contributed by atoms with van der Waals surface area (Å²) in [6, 6.07) is 13.1. The molecular formula is C21H23ClN4O4S. The molecule has 0 bridgehead atoms. The van der Waals surface area contributed by atoms with E-state index < -0.39 is 21.5 Å². The summed E-state index contributed by atoms with van der Waals surface area (Å²) in [6.07, 6.45) is 0. The van der Waals surface area contributed by atoms with Crippen LogP contribution in [0.3, 0.4) is 0 Å². The molecule has 0 saturated carbocycles. The SMILES string of the molecule is COc1ccccc1-c1cc(NC(=O)c2ccc(Cl)c(S(=O)(=O)NC(C)(C)C)c2)n[nH]1. The van der Waals surface area contributed by atoms with Crippen LogP contribution < -0.4 is 14.8 Å². The second-order valence-electron chi connectivity index (χ2n) is 7.82. The maximum Gasteiger partial charge on any atom is 0.256 e. The molecule has 3 aromatic rings. The number of aromatic nitrogens is 2. The van der Waals surface area contributed by atoms with Gasteiger partial charge in [0.25, 0.3) is 5.91 Å². The molecule has 3 rings (SSSR count). The van der Waals surface area contributed by atoms with E-state index in [-0.39, 0.29) is 21.3 Å². The van der Waals surface area contributed by atoms with Gasteiger partial charge < -0.3 is 10.1 Å². The number of anilines is 1. The van der Waals surface area contributed by atoms with Crippen molar-refractivity contribution in [3.05, 3.63) is 59.1 Å². The highest BCUT2D eigenvalue weighted by atomic mass is 35.5. The number of amides is 1. The Balaban J connectivity index is 1.84. The summed E-state index contributed by atoms with van der Waals surface area (Å²) < 4.78 is 33.2. The Bertz CT molecular complexity index is 1220. The van der Waals surface area contributed by atoms with Crippen molar-refractivity contribution < 1.29 is 17.9 Å². The number of halogens is 1. The standard InChI is InChI=1S/C21H23ClN4O4S/c1-21(2,3)26-31(28,29)18-11-13(9-10-15(18)22)20(27)23-19-12-16(24-25-19)14-7-5-6-8-17(14)30-4/h5-12,26H,1-4H3,(H2,23,24,25,27). The van der Waals surface area contributed by atoms with Gasteiger partial charge in [-0.15, -0.1) is 0 Å². The molecule has 8 nitrogen and oxygen atoms in total. The van der Waals surface area contributed by atoms with Gasteiger partial charge in [-0.1, -0.05) is 23.7 Å². The maximum absolute atomic E-state index is 12.7. The Morgan fingerprint density at radius 3 is 2.52 bits per heavy atom. The van der Waals surface area contributed by atoms with Gasteiger partial charge in [-0.05, 0) is 51.1 Å². The first-order valence-corrected chi connectivity index (χ1v) is 11.2. The lowest BCUT2D eigenvalue weighted by Crippen LogP contribution is -2.40. The van der Waals surface area contributed by atoms with Crippen LogP contribution in [0.2, 0.25) is 5.02 Å². The van der Waals surface area contributed by atoms with Crippen LogP contribution in [0.1, 0.15) is 31.1 Å². The molecule has 3 N–H and O–H groups in total. The molecule has 0 saturated heterocycles. The topological polar surface area (TPSA) is 113 Å². The Labute approximate surface area is 186 Å². The van der Waals surface area contributed by atoms with Crippen LogP contribution in [0, 0.1) is 0 Å². The summed E-state index contributed by atoms with van der Waals surface area (Å²) in [5.74, 6) is 0.406. The average molecular weight is 463 g/mol. The molecule has 0 unspecified atom stereocenters. The number of carbonyl (C=O) groups excluding carboxylic acids is 1. The normalized spacial score (nSPS) is 11.9. The predicted octanol–water partition coefficient (Wildman–Crippen LogP) is 4.07. The van der Waals surface area contributed by atoms with Crippen molar-refractivity contribution in [2.75, 3.05) is 12.4 Å². The minimum atomic E-state index is -3.91. The second kappa shape index (κ2) is 8.70. The molecule has 0 spiro atoms. The molecule has 0 aliphatic carbocycles. The van der Waals surface area contributed by atoms with Gasteiger partial charge in [0.05, 0.1) is 17.8 Å². The zero-order valence-electron chi connectivity index (χ0n) is 17.5. The van der Waals surface area contributed by atoms with E-state index in [0.717, 1.165) is 5.56 Å². The number of rotatable bonds is 6. The predicted molar refractivity (Wildman–Crippen MR) is 120 cm³/mol. The molecule has 0 fully saturated rings. The van der Waals surface area contributed by atoms with E-state index >= 15 is 0 Å². The molecule has 0 aliphatic rings. The summed E-state index contributed by atoms with van der Waals surface area (Å²) in [4.78, 5) is 12.5. The van der Waals surface area contributed by atoms with Gasteiger partial charge in [0.1, 0.15) is 10.6 Å². The quantitative estimate of drug-likeness (QED) is 0.511. The number of sulfonamides is 1. The number of aromatic amines is 1. The lowest BCUT2D eigenvalue weighted by Gasteiger charge is -2.21. The Morgan fingerprint density at radius 2 is 1.84 bits per heavy atom. The van der Waals surface area contributed by atoms with Crippen molar-refractivity contribution in [2.24, 2.45) is 0 Å². The molecule has 1 heterocycles. The number of hydrogen-bond acceptors (Lipinski definition) is 5.